The van der Waals surface area contributed by atoms with E-state index in [0.717, 1.165) is 45.1 Å². The number of hydrogen-bond donors (Lipinski definition) is 2. The maximum atomic E-state index is 13.8. The average Bonchev–Trinajstić information content (AvgIpc) is 3.29. The number of piperidine rings is 1. The number of sulfonamides is 1. The number of nitrogens with two attached hydrogens (primary N) is 1. The number of hydrogen-bond acceptors (Lipinski definition) is 4. The Morgan fingerprint density at radius 1 is 1.13 bits per heavy atom. The van der Waals surface area contributed by atoms with Gasteiger partial charge in [-0.1, -0.05) is 38.1 Å². The third-order valence-corrected chi connectivity index (χ3v) is 12.0. The van der Waals surface area contributed by atoms with Gasteiger partial charge in [0.2, 0.25) is 10.0 Å². The summed E-state index contributed by atoms with van der Waals surface area (Å²) in [5, 5.41) is 3.63. The normalized spacial score (nSPS) is 33.8. The van der Waals surface area contributed by atoms with Gasteiger partial charge >= 0.3 is 0 Å². The molecular formula is C25H39N3O2S. The van der Waals surface area contributed by atoms with Crippen molar-refractivity contribution < 1.29 is 8.42 Å². The Kier molecular flexibility index (Phi) is 5.32. The van der Waals surface area contributed by atoms with E-state index in [1.165, 1.54) is 17.5 Å². The van der Waals surface area contributed by atoms with E-state index in [2.05, 4.69) is 43.4 Å². The van der Waals surface area contributed by atoms with E-state index in [1.54, 1.807) is 0 Å². The van der Waals surface area contributed by atoms with Gasteiger partial charge in [0.05, 0.1) is 5.75 Å². The standard InChI is InChI=1S/C25H39N3O2S/c1-23(2)20-8-10-25(23,22(17-20)27-14-13-26)18-31(29,30)28-15-11-24(12-16-28)9-7-19-5-3-4-6-21(19)24/h3-6,20,22,27H,7-18,26H2,1-2H3/t20-,22+,25-/m1/s1. The number of fused-ring (bicyclic) bond motifs is 4. The van der Waals surface area contributed by atoms with Crippen LogP contribution in [0.3, 0.4) is 0 Å². The molecule has 2 saturated carbocycles. The lowest BCUT2D eigenvalue weighted by Crippen LogP contribution is -2.54. The van der Waals surface area contributed by atoms with Crippen molar-refractivity contribution in [3.8, 4) is 0 Å². The smallest absolute Gasteiger partial charge is 0.214 e. The van der Waals surface area contributed by atoms with E-state index in [1.807, 2.05) is 4.31 Å². The van der Waals surface area contributed by atoms with Crippen molar-refractivity contribution in [2.75, 3.05) is 31.9 Å². The molecular weight excluding hydrogens is 406 g/mol. The SMILES string of the molecule is CC1(C)[C@@H]2CC[C@@]1(CS(=O)(=O)N1CCC3(CCc4ccccc43)CC1)[C@@H](NCCN)C2. The summed E-state index contributed by atoms with van der Waals surface area (Å²) in [6.45, 7) is 7.31. The van der Waals surface area contributed by atoms with Crippen molar-refractivity contribution in [3.05, 3.63) is 35.4 Å². The van der Waals surface area contributed by atoms with Crippen LogP contribution in [0.15, 0.2) is 24.3 Å². The van der Waals surface area contributed by atoms with Gasteiger partial charge in [0.1, 0.15) is 0 Å². The second kappa shape index (κ2) is 7.54. The van der Waals surface area contributed by atoms with Crippen molar-refractivity contribution in [1.29, 1.82) is 0 Å². The molecule has 6 heteroatoms. The molecule has 4 aliphatic rings. The molecule has 3 aliphatic carbocycles. The molecule has 5 rings (SSSR count). The number of nitrogens with one attached hydrogen (secondary N) is 1. The van der Waals surface area contributed by atoms with Crippen molar-refractivity contribution in [1.82, 2.24) is 9.62 Å². The molecule has 3 atom stereocenters. The third-order valence-electron chi connectivity index (χ3n) is 9.94. The molecule has 0 unspecified atom stereocenters. The Morgan fingerprint density at radius 2 is 1.87 bits per heavy atom. The maximum absolute atomic E-state index is 13.8. The minimum atomic E-state index is -3.30. The van der Waals surface area contributed by atoms with Crippen molar-refractivity contribution in [2.24, 2.45) is 22.5 Å². The fourth-order valence-corrected chi connectivity index (χ4v) is 10.1. The number of rotatable bonds is 6. The Morgan fingerprint density at radius 3 is 2.58 bits per heavy atom. The molecule has 3 N–H and O–H groups in total. The molecule has 0 aromatic heterocycles. The second-order valence-electron chi connectivity index (χ2n) is 11.2. The minimum Gasteiger partial charge on any atom is -0.329 e. The molecule has 1 saturated heterocycles. The van der Waals surface area contributed by atoms with Crippen molar-refractivity contribution >= 4 is 10.0 Å². The van der Waals surface area contributed by atoms with Crippen LogP contribution in [-0.4, -0.2) is 50.7 Å². The highest BCUT2D eigenvalue weighted by Gasteiger charge is 2.65. The summed E-state index contributed by atoms with van der Waals surface area (Å²) in [4.78, 5) is 0. The van der Waals surface area contributed by atoms with Crippen LogP contribution in [0.2, 0.25) is 0 Å². The fraction of sp³-hybridized carbons (Fsp3) is 0.760. The quantitative estimate of drug-likeness (QED) is 0.706. The molecule has 31 heavy (non-hydrogen) atoms. The van der Waals surface area contributed by atoms with Gasteiger partial charge in [-0.2, -0.15) is 0 Å². The monoisotopic (exact) mass is 445 g/mol. The van der Waals surface area contributed by atoms with E-state index in [9.17, 15) is 8.42 Å². The molecule has 1 spiro atoms. The molecule has 1 heterocycles. The Labute approximate surface area is 188 Å². The fourth-order valence-electron chi connectivity index (χ4n) is 7.86. The molecule has 3 fully saturated rings. The van der Waals surface area contributed by atoms with Gasteiger partial charge in [-0.15, -0.1) is 0 Å². The molecule has 1 aliphatic heterocycles. The first-order valence-corrected chi connectivity index (χ1v) is 13.8. The van der Waals surface area contributed by atoms with E-state index < -0.39 is 10.0 Å². The summed E-state index contributed by atoms with van der Waals surface area (Å²) in [6, 6.07) is 9.06. The zero-order valence-corrected chi connectivity index (χ0v) is 20.0. The summed E-state index contributed by atoms with van der Waals surface area (Å²) in [6.07, 6.45) is 7.47. The van der Waals surface area contributed by atoms with Crippen LogP contribution >= 0.6 is 0 Å². The van der Waals surface area contributed by atoms with E-state index in [0.29, 0.717) is 25.6 Å². The van der Waals surface area contributed by atoms with Gasteiger partial charge in [0.15, 0.2) is 0 Å². The third kappa shape index (κ3) is 3.24. The molecule has 0 amide bonds. The van der Waals surface area contributed by atoms with Gasteiger partial charge in [0.25, 0.3) is 0 Å². The highest BCUT2D eigenvalue weighted by Crippen LogP contribution is 2.66. The van der Waals surface area contributed by atoms with Crippen LogP contribution in [-0.2, 0) is 21.9 Å². The van der Waals surface area contributed by atoms with Gasteiger partial charge in [0, 0.05) is 37.6 Å². The van der Waals surface area contributed by atoms with Gasteiger partial charge in [-0.25, -0.2) is 12.7 Å². The van der Waals surface area contributed by atoms with Gasteiger partial charge < -0.3 is 11.1 Å². The zero-order chi connectivity index (χ0) is 21.9. The molecule has 0 radical (unpaired) electrons. The van der Waals surface area contributed by atoms with Crippen LogP contribution in [0.25, 0.3) is 0 Å². The average molecular weight is 446 g/mol. The molecule has 1 aromatic rings. The van der Waals surface area contributed by atoms with Crippen LogP contribution in [0, 0.1) is 16.7 Å². The molecule has 172 valence electrons. The lowest BCUT2D eigenvalue weighted by Gasteiger charge is -2.45. The number of benzene rings is 1. The summed E-state index contributed by atoms with van der Waals surface area (Å²) in [5.74, 6) is 0.896. The van der Waals surface area contributed by atoms with E-state index >= 15 is 0 Å². The van der Waals surface area contributed by atoms with Crippen LogP contribution in [0.1, 0.15) is 63.5 Å². The van der Waals surface area contributed by atoms with E-state index in [-0.39, 0.29) is 28.0 Å². The van der Waals surface area contributed by atoms with Crippen LogP contribution < -0.4 is 11.1 Å². The highest BCUT2D eigenvalue weighted by atomic mass is 32.2. The highest BCUT2D eigenvalue weighted by molar-refractivity contribution is 7.89. The van der Waals surface area contributed by atoms with E-state index in [4.69, 9.17) is 5.73 Å². The zero-order valence-electron chi connectivity index (χ0n) is 19.2. The summed E-state index contributed by atoms with van der Waals surface area (Å²) < 4.78 is 29.3. The van der Waals surface area contributed by atoms with Crippen molar-refractivity contribution in [2.45, 2.75) is 70.3 Å². The topological polar surface area (TPSA) is 75.4 Å². The first-order chi connectivity index (χ1) is 14.7. The summed E-state index contributed by atoms with van der Waals surface area (Å²) in [7, 11) is -3.30. The predicted molar refractivity (Wildman–Crippen MR) is 125 cm³/mol. The first-order valence-electron chi connectivity index (χ1n) is 12.2. The molecule has 1 aromatic carbocycles. The van der Waals surface area contributed by atoms with Gasteiger partial charge in [-0.3, -0.25) is 0 Å². The number of nitrogens with zero attached hydrogens (tertiary/aromatic N) is 1. The lowest BCUT2D eigenvalue weighted by molar-refractivity contribution is 0.122. The minimum absolute atomic E-state index is 0.0493. The lowest BCUT2D eigenvalue weighted by atomic mass is 9.69. The molecule has 2 bridgehead atoms. The van der Waals surface area contributed by atoms with Crippen molar-refractivity contribution in [3.63, 3.8) is 0 Å². The Bertz CT molecular complexity index is 936. The number of aryl methyl sites for hydroxylation is 1. The second-order valence-corrected chi connectivity index (χ2v) is 13.2. The Hall–Kier alpha value is -0.950. The van der Waals surface area contributed by atoms with Gasteiger partial charge in [-0.05, 0) is 72.8 Å². The summed E-state index contributed by atoms with van der Waals surface area (Å²) >= 11 is 0. The first kappa shape index (κ1) is 21.9. The maximum Gasteiger partial charge on any atom is 0.214 e. The largest absolute Gasteiger partial charge is 0.329 e. The van der Waals surface area contributed by atoms with Crippen LogP contribution in [0.5, 0.6) is 0 Å². The predicted octanol–water partition coefficient (Wildman–Crippen LogP) is 3.04. The van der Waals surface area contributed by atoms with Crippen LogP contribution in [0.4, 0.5) is 0 Å². The molecule has 5 nitrogen and oxygen atoms in total. The Balaban J connectivity index is 1.34. The summed E-state index contributed by atoms with van der Waals surface area (Å²) in [5.41, 5.74) is 8.77.